The first-order chi connectivity index (χ1) is 6.15. The van der Waals surface area contributed by atoms with Crippen LogP contribution in [0.1, 0.15) is 10.4 Å². The molecule has 2 nitrogen and oxygen atoms in total. The van der Waals surface area contributed by atoms with Gasteiger partial charge in [-0.2, -0.15) is 0 Å². The maximum Gasteiger partial charge on any atom is 0.229 e. The summed E-state index contributed by atoms with van der Waals surface area (Å²) < 4.78 is 0.863. The quantitative estimate of drug-likeness (QED) is 0.476. The molecule has 0 atom stereocenters. The molecule has 0 bridgehead atoms. The number of benzene rings is 1. The fraction of sp³-hybridized carbons (Fsp3) is 0.111. The molecule has 1 rings (SSSR count). The Morgan fingerprint density at radius 3 is 2.23 bits per heavy atom. The number of rotatable bonds is 3. The summed E-state index contributed by atoms with van der Waals surface area (Å²) in [6.45, 7) is 0. The van der Waals surface area contributed by atoms with Gasteiger partial charge in [0.05, 0.1) is 5.88 Å². The molecule has 0 N–H and O–H groups in total. The van der Waals surface area contributed by atoms with Gasteiger partial charge in [-0.15, -0.1) is 11.6 Å². The Morgan fingerprint density at radius 2 is 1.77 bits per heavy atom. The third-order valence-electron chi connectivity index (χ3n) is 1.48. The average Bonchev–Trinajstić information content (AvgIpc) is 2.17. The first-order valence-corrected chi connectivity index (χ1v) is 4.87. The Morgan fingerprint density at radius 1 is 1.23 bits per heavy atom. The second kappa shape index (κ2) is 4.53. The van der Waals surface area contributed by atoms with Gasteiger partial charge in [0, 0.05) is 10.0 Å². The molecule has 1 aromatic carbocycles. The molecule has 0 spiro atoms. The minimum Gasteiger partial charge on any atom is -0.289 e. The van der Waals surface area contributed by atoms with Gasteiger partial charge in [-0.3, -0.25) is 9.59 Å². The Kier molecular flexibility index (Phi) is 3.63. The molecule has 0 saturated carbocycles. The molecule has 4 heteroatoms. The summed E-state index contributed by atoms with van der Waals surface area (Å²) in [6.07, 6.45) is 0. The van der Waals surface area contributed by atoms with Gasteiger partial charge >= 0.3 is 0 Å². The summed E-state index contributed by atoms with van der Waals surface area (Å²) in [5.41, 5.74) is 0.369. The number of carbonyl (C=O) groups excluding carboxylic acids is 2. The minimum atomic E-state index is -0.580. The van der Waals surface area contributed by atoms with Crippen molar-refractivity contribution in [1.82, 2.24) is 0 Å². The molecule has 0 aliphatic heterocycles. The van der Waals surface area contributed by atoms with Crippen molar-refractivity contribution < 1.29 is 9.59 Å². The van der Waals surface area contributed by atoms with Crippen molar-refractivity contribution in [1.29, 1.82) is 0 Å². The third-order valence-corrected chi connectivity index (χ3v) is 2.25. The number of ketones is 2. The average molecular weight is 262 g/mol. The van der Waals surface area contributed by atoms with E-state index in [9.17, 15) is 9.59 Å². The lowest BCUT2D eigenvalue weighted by molar-refractivity contribution is -0.112. The van der Waals surface area contributed by atoms with Gasteiger partial charge in [0.15, 0.2) is 0 Å². The highest BCUT2D eigenvalue weighted by Gasteiger charge is 2.13. The fourth-order valence-corrected chi connectivity index (χ4v) is 1.21. The lowest BCUT2D eigenvalue weighted by Gasteiger charge is -1.96. The number of carbonyl (C=O) groups is 2. The minimum absolute atomic E-state index is 0.269. The monoisotopic (exact) mass is 260 g/mol. The summed E-state index contributed by atoms with van der Waals surface area (Å²) in [4.78, 5) is 22.1. The smallest absolute Gasteiger partial charge is 0.229 e. The Labute approximate surface area is 89.0 Å². The van der Waals surface area contributed by atoms with Crippen molar-refractivity contribution in [2.45, 2.75) is 0 Å². The molecule has 0 unspecified atom stereocenters. The number of halogens is 2. The van der Waals surface area contributed by atoms with Crippen LogP contribution >= 0.6 is 27.5 Å². The van der Waals surface area contributed by atoms with Gasteiger partial charge in [-0.05, 0) is 24.3 Å². The molecule has 68 valence electrons. The molecule has 0 aliphatic rings. The lowest BCUT2D eigenvalue weighted by Crippen LogP contribution is -2.14. The zero-order valence-electron chi connectivity index (χ0n) is 6.59. The van der Waals surface area contributed by atoms with E-state index >= 15 is 0 Å². The van der Waals surface area contributed by atoms with Crippen LogP contribution in [0.15, 0.2) is 28.7 Å². The first kappa shape index (κ1) is 10.4. The van der Waals surface area contributed by atoms with E-state index in [1.807, 2.05) is 0 Å². The maximum atomic E-state index is 11.2. The van der Waals surface area contributed by atoms with E-state index in [0.717, 1.165) is 4.47 Å². The Balaban J connectivity index is 2.90. The maximum absolute atomic E-state index is 11.2. The number of hydrogen-bond donors (Lipinski definition) is 0. The van der Waals surface area contributed by atoms with Gasteiger partial charge < -0.3 is 0 Å². The molecule has 0 heterocycles. The topological polar surface area (TPSA) is 34.1 Å². The number of alkyl halides is 1. The van der Waals surface area contributed by atoms with E-state index in [1.165, 1.54) is 0 Å². The van der Waals surface area contributed by atoms with E-state index in [-0.39, 0.29) is 5.88 Å². The second-order valence-corrected chi connectivity index (χ2v) is 3.58. The Bertz CT molecular complexity index is 332. The van der Waals surface area contributed by atoms with Crippen molar-refractivity contribution >= 4 is 39.1 Å². The fourth-order valence-electron chi connectivity index (χ4n) is 0.823. The van der Waals surface area contributed by atoms with E-state index < -0.39 is 11.6 Å². The summed E-state index contributed by atoms with van der Waals surface area (Å²) in [7, 11) is 0. The summed E-state index contributed by atoms with van der Waals surface area (Å²) in [6, 6.07) is 6.57. The van der Waals surface area contributed by atoms with Gasteiger partial charge in [-0.25, -0.2) is 0 Å². The molecule has 0 saturated heterocycles. The van der Waals surface area contributed by atoms with Crippen LogP contribution in [-0.4, -0.2) is 17.4 Å². The van der Waals surface area contributed by atoms with Crippen LogP contribution < -0.4 is 0 Å². The van der Waals surface area contributed by atoms with Crippen LogP contribution in [0, 0.1) is 0 Å². The Hall–Kier alpha value is -0.670. The van der Waals surface area contributed by atoms with Crippen molar-refractivity contribution in [3.8, 4) is 0 Å². The largest absolute Gasteiger partial charge is 0.289 e. The molecular weight excluding hydrogens is 255 g/mol. The van der Waals surface area contributed by atoms with Crippen molar-refractivity contribution in [3.05, 3.63) is 34.3 Å². The molecule has 0 aromatic heterocycles. The van der Waals surface area contributed by atoms with Crippen molar-refractivity contribution in [2.75, 3.05) is 5.88 Å². The highest BCUT2D eigenvalue weighted by molar-refractivity contribution is 9.10. The van der Waals surface area contributed by atoms with Gasteiger partial charge in [0.25, 0.3) is 0 Å². The van der Waals surface area contributed by atoms with E-state index in [4.69, 9.17) is 11.6 Å². The molecule has 0 fully saturated rings. The molecular formula is C9H6BrClO2. The standard InChI is InChI=1S/C9H6BrClO2/c10-7-3-1-6(2-4-7)9(13)8(12)5-11/h1-4H,5H2. The first-order valence-electron chi connectivity index (χ1n) is 3.54. The summed E-state index contributed by atoms with van der Waals surface area (Å²) >= 11 is 8.47. The van der Waals surface area contributed by atoms with Gasteiger partial charge in [-0.1, -0.05) is 15.9 Å². The van der Waals surface area contributed by atoms with Crippen LogP contribution in [0.25, 0.3) is 0 Å². The zero-order chi connectivity index (χ0) is 9.84. The van der Waals surface area contributed by atoms with Crippen molar-refractivity contribution in [2.24, 2.45) is 0 Å². The molecule has 0 aliphatic carbocycles. The SMILES string of the molecule is O=C(CCl)C(=O)c1ccc(Br)cc1. The van der Waals surface area contributed by atoms with Crippen molar-refractivity contribution in [3.63, 3.8) is 0 Å². The second-order valence-electron chi connectivity index (χ2n) is 2.39. The molecule has 0 radical (unpaired) electrons. The number of hydrogen-bond acceptors (Lipinski definition) is 2. The normalized spacial score (nSPS) is 9.69. The van der Waals surface area contributed by atoms with Crippen LogP contribution in [0.4, 0.5) is 0 Å². The van der Waals surface area contributed by atoms with Crippen LogP contribution in [0.5, 0.6) is 0 Å². The van der Waals surface area contributed by atoms with E-state index in [2.05, 4.69) is 15.9 Å². The highest BCUT2D eigenvalue weighted by Crippen LogP contribution is 2.11. The van der Waals surface area contributed by atoms with E-state index in [1.54, 1.807) is 24.3 Å². The van der Waals surface area contributed by atoms with Crippen LogP contribution in [-0.2, 0) is 4.79 Å². The molecule has 13 heavy (non-hydrogen) atoms. The predicted molar refractivity (Wildman–Crippen MR) is 54.2 cm³/mol. The lowest BCUT2D eigenvalue weighted by atomic mass is 10.1. The predicted octanol–water partition coefficient (Wildman–Crippen LogP) is 2.44. The third kappa shape index (κ3) is 2.64. The highest BCUT2D eigenvalue weighted by atomic mass is 79.9. The van der Waals surface area contributed by atoms with Crippen LogP contribution in [0.2, 0.25) is 0 Å². The summed E-state index contributed by atoms with van der Waals surface area (Å²) in [5.74, 6) is -1.39. The molecule has 1 aromatic rings. The van der Waals surface area contributed by atoms with Gasteiger partial charge in [0.1, 0.15) is 0 Å². The number of Topliss-reactive ketones (excluding diaryl/α,β-unsaturated/α-hetero) is 2. The molecule has 0 amide bonds. The van der Waals surface area contributed by atoms with Gasteiger partial charge in [0.2, 0.25) is 11.6 Å². The summed E-state index contributed by atoms with van der Waals surface area (Å²) in [5, 5.41) is 0. The van der Waals surface area contributed by atoms with Crippen LogP contribution in [0.3, 0.4) is 0 Å². The van der Waals surface area contributed by atoms with E-state index in [0.29, 0.717) is 5.56 Å². The zero-order valence-corrected chi connectivity index (χ0v) is 8.93.